The van der Waals surface area contributed by atoms with Gasteiger partial charge in [0.2, 0.25) is 0 Å². The zero-order valence-electron chi connectivity index (χ0n) is 7.58. The smallest absolute Gasteiger partial charge is 0.371 e. The number of alkyl halides is 3. The Morgan fingerprint density at radius 3 is 2.69 bits per heavy atom. The Morgan fingerprint density at radius 1 is 1.56 bits per heavy atom. The van der Waals surface area contributed by atoms with Crippen molar-refractivity contribution in [2.75, 3.05) is 11.9 Å². The van der Waals surface area contributed by atoms with Gasteiger partial charge in [-0.1, -0.05) is 0 Å². The van der Waals surface area contributed by atoms with Gasteiger partial charge < -0.3 is 5.32 Å². The molecule has 0 fully saturated rings. The summed E-state index contributed by atoms with van der Waals surface area (Å²) in [7, 11) is 0. The van der Waals surface area contributed by atoms with Gasteiger partial charge in [-0.05, 0) is 15.9 Å². The van der Waals surface area contributed by atoms with E-state index >= 15 is 0 Å². The molecule has 0 bridgehead atoms. The van der Waals surface area contributed by atoms with Crippen molar-refractivity contribution in [1.82, 2.24) is 4.98 Å². The van der Waals surface area contributed by atoms with Crippen molar-refractivity contribution in [2.24, 2.45) is 0 Å². The van der Waals surface area contributed by atoms with Gasteiger partial charge >= 0.3 is 11.9 Å². The molecule has 0 aromatic carbocycles. The second kappa shape index (κ2) is 4.64. The van der Waals surface area contributed by atoms with Gasteiger partial charge in [-0.3, -0.25) is 10.1 Å². The second-order valence-corrected chi connectivity index (χ2v) is 3.56. The highest BCUT2D eigenvalue weighted by molar-refractivity contribution is 9.10. The summed E-state index contributed by atoms with van der Waals surface area (Å²) < 4.78 is 36.0. The number of anilines is 1. The van der Waals surface area contributed by atoms with E-state index in [0.29, 0.717) is 0 Å². The lowest BCUT2D eigenvalue weighted by Gasteiger charge is -2.09. The number of hydrogen-bond acceptors (Lipinski definition) is 4. The molecule has 0 aliphatic rings. The third kappa shape index (κ3) is 3.65. The number of aromatic nitrogens is 1. The maximum atomic E-state index is 11.9. The minimum atomic E-state index is -4.44. The van der Waals surface area contributed by atoms with E-state index in [4.69, 9.17) is 0 Å². The molecule has 1 heterocycles. The molecule has 0 spiro atoms. The van der Waals surface area contributed by atoms with Crippen molar-refractivity contribution in [3.63, 3.8) is 0 Å². The number of nitrogens with zero attached hydrogens (tertiary/aromatic N) is 2. The van der Waals surface area contributed by atoms with Gasteiger partial charge in [0.25, 0.3) is 0 Å². The molecule has 1 rings (SSSR count). The molecule has 0 unspecified atom stereocenters. The first-order valence-corrected chi connectivity index (χ1v) is 4.69. The highest BCUT2D eigenvalue weighted by Crippen LogP contribution is 2.27. The fraction of sp³-hybridized carbons (Fsp3) is 0.286. The summed E-state index contributed by atoms with van der Waals surface area (Å²) in [5, 5.41) is 12.4. The Kier molecular flexibility index (Phi) is 3.68. The summed E-state index contributed by atoms with van der Waals surface area (Å²) in [5.74, 6) is 0. The second-order valence-electron chi connectivity index (χ2n) is 2.75. The van der Waals surface area contributed by atoms with Crippen LogP contribution in [0.25, 0.3) is 0 Å². The molecule has 88 valence electrons. The third-order valence-electron chi connectivity index (χ3n) is 1.53. The number of hydrogen-bond donors (Lipinski definition) is 1. The van der Waals surface area contributed by atoms with E-state index in [2.05, 4.69) is 20.9 Å². The molecule has 16 heavy (non-hydrogen) atoms. The van der Waals surface area contributed by atoms with Crippen molar-refractivity contribution in [2.45, 2.75) is 6.18 Å². The molecule has 1 aromatic rings. The van der Waals surface area contributed by atoms with Crippen LogP contribution in [0.2, 0.25) is 0 Å². The van der Waals surface area contributed by atoms with E-state index in [1.165, 1.54) is 0 Å². The fourth-order valence-corrected chi connectivity index (χ4v) is 1.24. The minimum absolute atomic E-state index is 0.211. The molecule has 9 heteroatoms. The largest absolute Gasteiger partial charge is 0.405 e. The van der Waals surface area contributed by atoms with E-state index < -0.39 is 23.3 Å². The lowest BCUT2D eigenvalue weighted by Crippen LogP contribution is -2.21. The minimum Gasteiger partial charge on any atom is -0.371 e. The number of halogens is 4. The van der Waals surface area contributed by atoms with Crippen molar-refractivity contribution >= 4 is 27.3 Å². The normalized spacial score (nSPS) is 11.2. The van der Waals surface area contributed by atoms with Gasteiger partial charge in [0, 0.05) is 6.07 Å². The van der Waals surface area contributed by atoms with Crippen LogP contribution in [0.5, 0.6) is 0 Å². The summed E-state index contributed by atoms with van der Waals surface area (Å²) in [6.45, 7) is -1.34. The van der Waals surface area contributed by atoms with Gasteiger partial charge in [-0.2, -0.15) is 13.2 Å². The Labute approximate surface area is 95.9 Å². The molecule has 0 atom stereocenters. The molecule has 0 aliphatic carbocycles. The number of nitrogens with one attached hydrogen (secondary N) is 1. The van der Waals surface area contributed by atoms with Gasteiger partial charge in [0.05, 0.1) is 4.92 Å². The monoisotopic (exact) mass is 299 g/mol. The fourth-order valence-electron chi connectivity index (χ4n) is 0.905. The van der Waals surface area contributed by atoms with E-state index in [9.17, 15) is 23.3 Å². The molecule has 0 saturated carbocycles. The van der Waals surface area contributed by atoms with Crippen LogP contribution in [0, 0.1) is 10.1 Å². The number of nitro groups is 1. The van der Waals surface area contributed by atoms with Crippen LogP contribution in [0.3, 0.4) is 0 Å². The average Bonchev–Trinajstić information content (AvgIpc) is 2.13. The molecule has 1 aromatic heterocycles. The van der Waals surface area contributed by atoms with Crippen LogP contribution in [0.15, 0.2) is 16.9 Å². The number of rotatable bonds is 3. The lowest BCUT2D eigenvalue weighted by molar-refractivity contribution is -0.384. The third-order valence-corrected chi connectivity index (χ3v) is 1.96. The molecule has 0 amide bonds. The van der Waals surface area contributed by atoms with Crippen LogP contribution >= 0.6 is 15.9 Å². The molecular formula is C7H5BrF3N3O2. The van der Waals surface area contributed by atoms with Gasteiger partial charge in [-0.15, -0.1) is 0 Å². The van der Waals surface area contributed by atoms with Crippen LogP contribution in [0.1, 0.15) is 0 Å². The Bertz CT molecular complexity index is 410. The first kappa shape index (κ1) is 12.7. The van der Waals surface area contributed by atoms with Gasteiger partial charge in [0.1, 0.15) is 23.0 Å². The van der Waals surface area contributed by atoms with Crippen molar-refractivity contribution in [3.05, 3.63) is 27.0 Å². The lowest BCUT2D eigenvalue weighted by atomic mass is 10.3. The van der Waals surface area contributed by atoms with Crippen LogP contribution in [-0.2, 0) is 0 Å². The molecule has 0 aliphatic heterocycles. The first-order chi connectivity index (χ1) is 7.29. The van der Waals surface area contributed by atoms with Crippen LogP contribution < -0.4 is 5.32 Å². The topological polar surface area (TPSA) is 68.1 Å². The van der Waals surface area contributed by atoms with E-state index in [0.717, 1.165) is 12.3 Å². The average molecular weight is 300 g/mol. The van der Waals surface area contributed by atoms with Crippen LogP contribution in [-0.4, -0.2) is 22.6 Å². The van der Waals surface area contributed by atoms with Gasteiger partial charge in [-0.25, -0.2) is 4.98 Å². The van der Waals surface area contributed by atoms with E-state index in [1.807, 2.05) is 5.32 Å². The standard InChI is InChI=1S/C7H5BrF3N3O2/c8-6-1-4(13-3-7(9,10)11)5(2-12-6)14(15)16/h1-2H,3H2,(H,12,13). The Balaban J connectivity index is 2.93. The summed E-state index contributed by atoms with van der Waals surface area (Å²) in [6.07, 6.45) is -3.56. The molecule has 0 radical (unpaired) electrons. The highest BCUT2D eigenvalue weighted by atomic mass is 79.9. The predicted octanol–water partition coefficient (Wildman–Crippen LogP) is 2.73. The van der Waals surface area contributed by atoms with E-state index in [-0.39, 0.29) is 10.3 Å². The maximum Gasteiger partial charge on any atom is 0.405 e. The van der Waals surface area contributed by atoms with Gasteiger partial charge in [0.15, 0.2) is 0 Å². The van der Waals surface area contributed by atoms with Crippen molar-refractivity contribution in [3.8, 4) is 0 Å². The van der Waals surface area contributed by atoms with Crippen LogP contribution in [0.4, 0.5) is 24.5 Å². The zero-order chi connectivity index (χ0) is 12.3. The summed E-state index contributed by atoms with van der Waals surface area (Å²) in [4.78, 5) is 13.2. The Morgan fingerprint density at radius 2 is 2.19 bits per heavy atom. The predicted molar refractivity (Wildman–Crippen MR) is 53.1 cm³/mol. The molecule has 1 N–H and O–H groups in total. The van der Waals surface area contributed by atoms with Crippen molar-refractivity contribution in [1.29, 1.82) is 0 Å². The SMILES string of the molecule is O=[N+]([O-])c1cnc(Br)cc1NCC(F)(F)F. The van der Waals surface area contributed by atoms with E-state index in [1.54, 1.807) is 0 Å². The zero-order valence-corrected chi connectivity index (χ0v) is 9.17. The molecule has 5 nitrogen and oxygen atoms in total. The molecule has 0 saturated heterocycles. The first-order valence-electron chi connectivity index (χ1n) is 3.90. The van der Waals surface area contributed by atoms with Crippen molar-refractivity contribution < 1.29 is 18.1 Å². The quantitative estimate of drug-likeness (QED) is 0.529. The highest BCUT2D eigenvalue weighted by Gasteiger charge is 2.28. The molecular weight excluding hydrogens is 295 g/mol. The summed E-state index contributed by atoms with van der Waals surface area (Å²) in [6, 6.07) is 1.11. The summed E-state index contributed by atoms with van der Waals surface area (Å²) >= 11 is 2.91. The maximum absolute atomic E-state index is 11.9. The Hall–Kier alpha value is -1.38. The number of pyridine rings is 1. The summed E-state index contributed by atoms with van der Waals surface area (Å²) in [5.41, 5.74) is -0.739.